The van der Waals surface area contributed by atoms with Crippen molar-refractivity contribution >= 4 is 11.9 Å². The largest absolute Gasteiger partial charge is 0.458 e. The lowest BCUT2D eigenvalue weighted by molar-refractivity contribution is -0.167. The van der Waals surface area contributed by atoms with Gasteiger partial charge in [0.15, 0.2) is 0 Å². The summed E-state index contributed by atoms with van der Waals surface area (Å²) in [4.78, 5) is 20.9. The Kier molecular flexibility index (Phi) is 8.76. The smallest absolute Gasteiger partial charge is 0.417 e. The molecule has 1 heterocycles. The van der Waals surface area contributed by atoms with Crippen LogP contribution in [-0.2, 0) is 23.8 Å². The van der Waals surface area contributed by atoms with Crippen LogP contribution < -0.4 is 0 Å². The minimum atomic E-state index is -0.927. The van der Waals surface area contributed by atoms with Crippen molar-refractivity contribution in [2.75, 3.05) is 26.4 Å². The van der Waals surface area contributed by atoms with Crippen molar-refractivity contribution in [2.45, 2.75) is 26.7 Å². The maximum Gasteiger partial charge on any atom is 0.417 e. The standard InChI is InChI=1S/C6H10O4.C4H8O/c1-3-9-5(7)6(8)10-4-2;1-2-4-5-3-1/h3-4H2,1-2H3;1-4H2. The van der Waals surface area contributed by atoms with Crippen molar-refractivity contribution < 1.29 is 23.8 Å². The summed E-state index contributed by atoms with van der Waals surface area (Å²) in [6, 6.07) is 0. The molecule has 0 aliphatic carbocycles. The van der Waals surface area contributed by atoms with Crippen molar-refractivity contribution in [3.63, 3.8) is 0 Å². The SMILES string of the molecule is C1CCOC1.CCOC(=O)C(=O)OCC. The van der Waals surface area contributed by atoms with Crippen LogP contribution in [0.25, 0.3) is 0 Å². The van der Waals surface area contributed by atoms with E-state index in [2.05, 4.69) is 9.47 Å². The zero-order valence-electron chi connectivity index (χ0n) is 9.28. The quantitative estimate of drug-likeness (QED) is 0.509. The number of esters is 2. The van der Waals surface area contributed by atoms with E-state index in [1.807, 2.05) is 0 Å². The molecule has 1 fully saturated rings. The molecule has 1 aliphatic heterocycles. The van der Waals surface area contributed by atoms with Crippen LogP contribution in [0.2, 0.25) is 0 Å². The highest BCUT2D eigenvalue weighted by atomic mass is 16.6. The molecule has 0 saturated carbocycles. The maximum absolute atomic E-state index is 10.4. The van der Waals surface area contributed by atoms with E-state index in [9.17, 15) is 9.59 Å². The summed E-state index contributed by atoms with van der Waals surface area (Å²) in [5.41, 5.74) is 0. The molecular weight excluding hydrogens is 200 g/mol. The average molecular weight is 218 g/mol. The highest BCUT2D eigenvalue weighted by Gasteiger charge is 2.14. The minimum absolute atomic E-state index is 0.192. The van der Waals surface area contributed by atoms with Gasteiger partial charge in [-0.05, 0) is 26.7 Å². The molecule has 5 heteroatoms. The van der Waals surface area contributed by atoms with Crippen LogP contribution in [0.4, 0.5) is 0 Å². The zero-order valence-corrected chi connectivity index (χ0v) is 9.28. The number of carbonyl (C=O) groups excluding carboxylic acids is 2. The van der Waals surface area contributed by atoms with Crippen LogP contribution >= 0.6 is 0 Å². The normalized spacial score (nSPS) is 13.7. The summed E-state index contributed by atoms with van der Waals surface area (Å²) in [7, 11) is 0. The van der Waals surface area contributed by atoms with Gasteiger partial charge >= 0.3 is 11.9 Å². The van der Waals surface area contributed by atoms with E-state index in [-0.39, 0.29) is 13.2 Å². The molecule has 0 bridgehead atoms. The molecule has 1 aliphatic rings. The van der Waals surface area contributed by atoms with Crippen molar-refractivity contribution in [1.29, 1.82) is 0 Å². The molecular formula is C10H18O5. The summed E-state index contributed by atoms with van der Waals surface area (Å²) in [6.07, 6.45) is 2.56. The second-order valence-corrected chi connectivity index (χ2v) is 2.76. The summed E-state index contributed by atoms with van der Waals surface area (Å²) >= 11 is 0. The topological polar surface area (TPSA) is 61.8 Å². The first-order valence-electron chi connectivity index (χ1n) is 5.14. The van der Waals surface area contributed by atoms with Crippen LogP contribution in [0.5, 0.6) is 0 Å². The Labute approximate surface area is 89.7 Å². The van der Waals surface area contributed by atoms with E-state index in [1.165, 1.54) is 12.8 Å². The molecule has 0 N–H and O–H groups in total. The summed E-state index contributed by atoms with van der Waals surface area (Å²) < 4.78 is 13.6. The van der Waals surface area contributed by atoms with E-state index in [4.69, 9.17) is 4.74 Å². The van der Waals surface area contributed by atoms with E-state index in [1.54, 1.807) is 13.8 Å². The van der Waals surface area contributed by atoms with Crippen LogP contribution in [-0.4, -0.2) is 38.4 Å². The highest BCUT2D eigenvalue weighted by molar-refractivity contribution is 6.29. The number of carbonyl (C=O) groups is 2. The summed E-state index contributed by atoms with van der Waals surface area (Å²) in [5, 5.41) is 0. The first kappa shape index (κ1) is 13.9. The Morgan fingerprint density at radius 2 is 1.40 bits per heavy atom. The van der Waals surface area contributed by atoms with Gasteiger partial charge in [-0.1, -0.05) is 0 Å². The third-order valence-corrected chi connectivity index (χ3v) is 1.54. The molecule has 0 atom stereocenters. The molecule has 5 nitrogen and oxygen atoms in total. The van der Waals surface area contributed by atoms with Gasteiger partial charge in [0.05, 0.1) is 13.2 Å². The first-order valence-corrected chi connectivity index (χ1v) is 5.14. The number of ether oxygens (including phenoxy) is 3. The molecule has 0 aromatic rings. The predicted octanol–water partition coefficient (Wildman–Crippen LogP) is 0.909. The molecule has 1 rings (SSSR count). The van der Waals surface area contributed by atoms with Crippen LogP contribution in [0.15, 0.2) is 0 Å². The van der Waals surface area contributed by atoms with Crippen LogP contribution in [0.1, 0.15) is 26.7 Å². The third kappa shape index (κ3) is 7.93. The van der Waals surface area contributed by atoms with Crippen LogP contribution in [0.3, 0.4) is 0 Å². The highest BCUT2D eigenvalue weighted by Crippen LogP contribution is 1.98. The summed E-state index contributed by atoms with van der Waals surface area (Å²) in [5.74, 6) is -1.85. The van der Waals surface area contributed by atoms with E-state index >= 15 is 0 Å². The molecule has 1 saturated heterocycles. The number of hydrogen-bond donors (Lipinski definition) is 0. The van der Waals surface area contributed by atoms with Gasteiger partial charge in [0.2, 0.25) is 0 Å². The fraction of sp³-hybridized carbons (Fsp3) is 0.800. The van der Waals surface area contributed by atoms with Gasteiger partial charge in [-0.15, -0.1) is 0 Å². The van der Waals surface area contributed by atoms with Gasteiger partial charge in [0, 0.05) is 13.2 Å². The van der Waals surface area contributed by atoms with Gasteiger partial charge in [0.25, 0.3) is 0 Å². The number of hydrogen-bond acceptors (Lipinski definition) is 5. The lowest BCUT2D eigenvalue weighted by atomic mass is 10.4. The van der Waals surface area contributed by atoms with E-state index < -0.39 is 11.9 Å². The Bertz CT molecular complexity index is 163. The second-order valence-electron chi connectivity index (χ2n) is 2.76. The van der Waals surface area contributed by atoms with Gasteiger partial charge in [-0.2, -0.15) is 0 Å². The Morgan fingerprint density at radius 1 is 1.00 bits per heavy atom. The Morgan fingerprint density at radius 3 is 1.60 bits per heavy atom. The van der Waals surface area contributed by atoms with Crippen molar-refractivity contribution in [1.82, 2.24) is 0 Å². The van der Waals surface area contributed by atoms with Gasteiger partial charge in [0.1, 0.15) is 0 Å². The molecule has 0 aromatic carbocycles. The number of rotatable bonds is 2. The first-order chi connectivity index (χ1) is 7.22. The second kappa shape index (κ2) is 9.45. The van der Waals surface area contributed by atoms with Crippen molar-refractivity contribution in [3.05, 3.63) is 0 Å². The lowest BCUT2D eigenvalue weighted by Gasteiger charge is -1.99. The van der Waals surface area contributed by atoms with Crippen molar-refractivity contribution in [3.8, 4) is 0 Å². The average Bonchev–Trinajstić information content (AvgIpc) is 2.76. The van der Waals surface area contributed by atoms with Gasteiger partial charge in [-0.3, -0.25) is 0 Å². The Hall–Kier alpha value is -1.10. The summed E-state index contributed by atoms with van der Waals surface area (Å²) in [6.45, 7) is 5.63. The third-order valence-electron chi connectivity index (χ3n) is 1.54. The lowest BCUT2D eigenvalue weighted by Crippen LogP contribution is -2.19. The zero-order chi connectivity index (χ0) is 11.5. The fourth-order valence-corrected chi connectivity index (χ4v) is 0.890. The molecule has 0 unspecified atom stereocenters. The van der Waals surface area contributed by atoms with Crippen LogP contribution in [0, 0.1) is 0 Å². The monoisotopic (exact) mass is 218 g/mol. The molecule has 0 aromatic heterocycles. The Balaban J connectivity index is 0.000000322. The minimum Gasteiger partial charge on any atom is -0.458 e. The molecule has 0 spiro atoms. The predicted molar refractivity (Wildman–Crippen MR) is 53.3 cm³/mol. The molecule has 0 amide bonds. The van der Waals surface area contributed by atoms with E-state index in [0.717, 1.165) is 13.2 Å². The van der Waals surface area contributed by atoms with Crippen molar-refractivity contribution in [2.24, 2.45) is 0 Å². The maximum atomic E-state index is 10.4. The molecule has 0 radical (unpaired) electrons. The molecule has 15 heavy (non-hydrogen) atoms. The molecule has 88 valence electrons. The van der Waals surface area contributed by atoms with E-state index in [0.29, 0.717) is 0 Å². The van der Waals surface area contributed by atoms with Gasteiger partial charge < -0.3 is 14.2 Å². The van der Waals surface area contributed by atoms with Gasteiger partial charge in [-0.25, -0.2) is 9.59 Å². The fourth-order valence-electron chi connectivity index (χ4n) is 0.890.